The number of amides is 1. The van der Waals surface area contributed by atoms with Gasteiger partial charge < -0.3 is 5.32 Å². The number of aryl methyl sites for hydroxylation is 2. The van der Waals surface area contributed by atoms with Gasteiger partial charge in [0.2, 0.25) is 0 Å². The van der Waals surface area contributed by atoms with Crippen LogP contribution in [0.1, 0.15) is 43.1 Å². The Morgan fingerprint density at radius 1 is 1.45 bits per heavy atom. The van der Waals surface area contributed by atoms with Crippen molar-refractivity contribution in [3.8, 4) is 0 Å². The summed E-state index contributed by atoms with van der Waals surface area (Å²) in [6, 6.07) is -0.271. The summed E-state index contributed by atoms with van der Waals surface area (Å²) in [7, 11) is 0. The second-order valence-electron chi connectivity index (χ2n) is 4.31. The fraction of sp³-hybridized carbons (Fsp3) is 0.500. The molecule has 0 saturated heterocycles. The third-order valence-electron chi connectivity index (χ3n) is 2.94. The van der Waals surface area contributed by atoms with Crippen LogP contribution in [-0.4, -0.2) is 30.5 Å². The highest BCUT2D eigenvalue weighted by molar-refractivity contribution is 6.33. The minimum absolute atomic E-state index is 0.225. The zero-order valence-electron chi connectivity index (χ0n) is 11.7. The first-order valence-electron chi connectivity index (χ1n) is 6.48. The van der Waals surface area contributed by atoms with E-state index in [9.17, 15) is 4.79 Å². The lowest BCUT2D eigenvalue weighted by atomic mass is 10.3. The Balaban J connectivity index is 2.13. The van der Waals surface area contributed by atoms with Gasteiger partial charge in [0.1, 0.15) is 12.2 Å². The fourth-order valence-corrected chi connectivity index (χ4v) is 2.13. The van der Waals surface area contributed by atoms with Crippen LogP contribution < -0.4 is 5.32 Å². The molecular formula is C12H17ClN6O. The number of aromatic nitrogens is 5. The van der Waals surface area contributed by atoms with E-state index in [2.05, 4.69) is 20.5 Å². The summed E-state index contributed by atoms with van der Waals surface area (Å²) < 4.78 is 3.35. The van der Waals surface area contributed by atoms with E-state index >= 15 is 0 Å². The largest absolute Gasteiger partial charge is 0.341 e. The molecule has 0 aliphatic heterocycles. The van der Waals surface area contributed by atoms with Crippen molar-refractivity contribution < 1.29 is 4.79 Å². The maximum Gasteiger partial charge on any atom is 0.273 e. The first-order valence-corrected chi connectivity index (χ1v) is 6.86. The van der Waals surface area contributed by atoms with Crippen LogP contribution >= 0.6 is 11.6 Å². The third-order valence-corrected chi connectivity index (χ3v) is 3.21. The molecule has 0 bridgehead atoms. The quantitative estimate of drug-likeness (QED) is 0.910. The first kappa shape index (κ1) is 14.5. The van der Waals surface area contributed by atoms with Crippen LogP contribution in [0.2, 0.25) is 5.02 Å². The molecule has 0 aromatic carbocycles. The van der Waals surface area contributed by atoms with Gasteiger partial charge in [-0.3, -0.25) is 9.48 Å². The molecule has 2 aromatic heterocycles. The maximum atomic E-state index is 12.2. The minimum Gasteiger partial charge on any atom is -0.341 e. The molecular weight excluding hydrogens is 280 g/mol. The lowest BCUT2D eigenvalue weighted by Gasteiger charge is -2.13. The van der Waals surface area contributed by atoms with Crippen molar-refractivity contribution >= 4 is 17.5 Å². The van der Waals surface area contributed by atoms with Gasteiger partial charge in [0.15, 0.2) is 5.69 Å². The lowest BCUT2D eigenvalue weighted by molar-refractivity contribution is 0.0931. The molecule has 0 saturated carbocycles. The molecule has 0 fully saturated rings. The Bertz CT molecular complexity index is 605. The summed E-state index contributed by atoms with van der Waals surface area (Å²) in [4.78, 5) is 16.3. The van der Waals surface area contributed by atoms with Crippen LogP contribution in [0.25, 0.3) is 0 Å². The first-order chi connectivity index (χ1) is 9.56. The average molecular weight is 297 g/mol. The normalized spacial score (nSPS) is 12.4. The molecule has 0 unspecified atom stereocenters. The van der Waals surface area contributed by atoms with Gasteiger partial charge in [0.25, 0.3) is 5.91 Å². The number of carbonyl (C=O) groups excluding carboxylic acids is 1. The number of halogens is 1. The van der Waals surface area contributed by atoms with Crippen molar-refractivity contribution in [2.75, 3.05) is 0 Å². The predicted molar refractivity (Wildman–Crippen MR) is 74.5 cm³/mol. The molecule has 7 nitrogen and oxygen atoms in total. The molecule has 0 aliphatic rings. The van der Waals surface area contributed by atoms with E-state index in [1.807, 2.05) is 20.8 Å². The standard InChI is InChI=1S/C12H17ClN6O/c1-4-18-6-9(13)10(17-18)12(20)16-8(3)11-14-7-15-19(11)5-2/h6-8H,4-5H2,1-3H3,(H,16,20)/t8-/m1/s1. The SMILES string of the molecule is CCn1cc(Cl)c(C(=O)N[C@H](C)c2ncnn2CC)n1. The smallest absolute Gasteiger partial charge is 0.273 e. The van der Waals surface area contributed by atoms with Crippen molar-refractivity contribution in [3.05, 3.63) is 29.1 Å². The molecule has 1 atom stereocenters. The van der Waals surface area contributed by atoms with E-state index in [0.717, 1.165) is 0 Å². The van der Waals surface area contributed by atoms with Gasteiger partial charge in [0.05, 0.1) is 11.1 Å². The number of hydrogen-bond acceptors (Lipinski definition) is 4. The van der Waals surface area contributed by atoms with E-state index in [4.69, 9.17) is 11.6 Å². The molecule has 2 aromatic rings. The van der Waals surface area contributed by atoms with Gasteiger partial charge >= 0.3 is 0 Å². The van der Waals surface area contributed by atoms with Crippen LogP contribution in [0.5, 0.6) is 0 Å². The van der Waals surface area contributed by atoms with Crippen LogP contribution in [0, 0.1) is 0 Å². The van der Waals surface area contributed by atoms with E-state index in [1.165, 1.54) is 6.33 Å². The molecule has 1 amide bonds. The zero-order chi connectivity index (χ0) is 14.7. The summed E-state index contributed by atoms with van der Waals surface area (Å²) in [6.07, 6.45) is 3.11. The van der Waals surface area contributed by atoms with E-state index in [1.54, 1.807) is 15.6 Å². The van der Waals surface area contributed by atoms with Crippen LogP contribution in [0.3, 0.4) is 0 Å². The summed E-state index contributed by atoms with van der Waals surface area (Å²) in [5, 5.41) is 11.4. The molecule has 20 heavy (non-hydrogen) atoms. The molecule has 0 spiro atoms. The highest BCUT2D eigenvalue weighted by atomic mass is 35.5. The molecule has 8 heteroatoms. The summed E-state index contributed by atoms with van der Waals surface area (Å²) in [6.45, 7) is 7.09. The van der Waals surface area contributed by atoms with Crippen molar-refractivity contribution in [1.82, 2.24) is 29.9 Å². The minimum atomic E-state index is -0.319. The van der Waals surface area contributed by atoms with Gasteiger partial charge in [-0.2, -0.15) is 10.2 Å². The van der Waals surface area contributed by atoms with Gasteiger partial charge in [0, 0.05) is 19.3 Å². The number of hydrogen-bond donors (Lipinski definition) is 1. The topological polar surface area (TPSA) is 77.6 Å². The van der Waals surface area contributed by atoms with Gasteiger partial charge in [-0.05, 0) is 20.8 Å². The number of nitrogens with zero attached hydrogens (tertiary/aromatic N) is 5. The summed E-state index contributed by atoms with van der Waals surface area (Å²) in [5.41, 5.74) is 0.225. The Labute approximate surface area is 121 Å². The van der Waals surface area contributed by atoms with Gasteiger partial charge in [-0.1, -0.05) is 11.6 Å². The molecule has 0 aliphatic carbocycles. The molecule has 108 valence electrons. The molecule has 2 heterocycles. The molecule has 1 N–H and O–H groups in total. The van der Waals surface area contributed by atoms with Crippen molar-refractivity contribution in [3.63, 3.8) is 0 Å². The Kier molecular flexibility index (Phi) is 4.39. The number of carbonyl (C=O) groups is 1. The number of rotatable bonds is 5. The summed E-state index contributed by atoms with van der Waals surface area (Å²) in [5.74, 6) is 0.382. The van der Waals surface area contributed by atoms with E-state index in [0.29, 0.717) is 23.9 Å². The predicted octanol–water partition coefficient (Wildman–Crippen LogP) is 1.66. The van der Waals surface area contributed by atoms with Gasteiger partial charge in [-0.15, -0.1) is 0 Å². The second-order valence-corrected chi connectivity index (χ2v) is 4.72. The zero-order valence-corrected chi connectivity index (χ0v) is 12.4. The summed E-state index contributed by atoms with van der Waals surface area (Å²) >= 11 is 6.01. The van der Waals surface area contributed by atoms with Crippen LogP contribution in [0.4, 0.5) is 0 Å². The van der Waals surface area contributed by atoms with Crippen LogP contribution in [-0.2, 0) is 13.1 Å². The van der Waals surface area contributed by atoms with E-state index < -0.39 is 0 Å². The third kappa shape index (κ3) is 2.82. The fourth-order valence-electron chi connectivity index (χ4n) is 1.89. The second kappa shape index (κ2) is 6.04. The van der Waals surface area contributed by atoms with Crippen LogP contribution in [0.15, 0.2) is 12.5 Å². The molecule has 2 rings (SSSR count). The Morgan fingerprint density at radius 2 is 2.20 bits per heavy atom. The Hall–Kier alpha value is -1.89. The van der Waals surface area contributed by atoms with Crippen molar-refractivity contribution in [2.45, 2.75) is 39.9 Å². The Morgan fingerprint density at radius 3 is 2.80 bits per heavy atom. The van der Waals surface area contributed by atoms with E-state index in [-0.39, 0.29) is 17.6 Å². The maximum absolute atomic E-state index is 12.2. The molecule has 0 radical (unpaired) electrons. The lowest BCUT2D eigenvalue weighted by Crippen LogP contribution is -2.29. The van der Waals surface area contributed by atoms with Crippen molar-refractivity contribution in [1.29, 1.82) is 0 Å². The monoisotopic (exact) mass is 296 g/mol. The highest BCUT2D eigenvalue weighted by Gasteiger charge is 2.20. The highest BCUT2D eigenvalue weighted by Crippen LogP contribution is 2.16. The number of nitrogens with one attached hydrogen (secondary N) is 1. The van der Waals surface area contributed by atoms with Gasteiger partial charge in [-0.25, -0.2) is 9.67 Å². The average Bonchev–Trinajstić information content (AvgIpc) is 3.04. The van der Waals surface area contributed by atoms with Crippen molar-refractivity contribution in [2.24, 2.45) is 0 Å².